The van der Waals surface area contributed by atoms with Gasteiger partial charge in [0.15, 0.2) is 0 Å². The monoisotopic (exact) mass is 316 g/mol. The average Bonchev–Trinajstić information content (AvgIpc) is 3.18. The smallest absolute Gasteiger partial charge is 0.258 e. The Kier molecular flexibility index (Phi) is 4.09. The first-order valence-electron chi connectivity index (χ1n) is 7.63. The molecule has 1 aliphatic rings. The highest BCUT2D eigenvalue weighted by Gasteiger charge is 2.50. The molecule has 0 spiro atoms. The van der Waals surface area contributed by atoms with Crippen molar-refractivity contribution in [2.75, 3.05) is 27.3 Å². The number of rotatable bonds is 4. The number of fused-ring (bicyclic) bond motifs is 1. The van der Waals surface area contributed by atoms with Crippen molar-refractivity contribution in [1.82, 2.24) is 10.2 Å². The highest BCUT2D eigenvalue weighted by molar-refractivity contribution is 6.08. The van der Waals surface area contributed by atoms with E-state index in [2.05, 4.69) is 5.32 Å². The maximum absolute atomic E-state index is 13.1. The van der Waals surface area contributed by atoms with Crippen molar-refractivity contribution in [3.05, 3.63) is 36.1 Å². The summed E-state index contributed by atoms with van der Waals surface area (Å²) in [4.78, 5) is 27.1. The van der Waals surface area contributed by atoms with E-state index in [-0.39, 0.29) is 18.4 Å². The minimum atomic E-state index is -0.959. The van der Waals surface area contributed by atoms with Crippen LogP contribution in [0.1, 0.15) is 23.2 Å². The van der Waals surface area contributed by atoms with Crippen LogP contribution in [0.25, 0.3) is 11.0 Å². The molecule has 0 radical (unpaired) electrons. The third kappa shape index (κ3) is 2.39. The van der Waals surface area contributed by atoms with Crippen molar-refractivity contribution < 1.29 is 18.7 Å². The van der Waals surface area contributed by atoms with Gasteiger partial charge in [0.2, 0.25) is 5.91 Å². The Labute approximate surface area is 134 Å². The fourth-order valence-corrected chi connectivity index (χ4v) is 3.39. The molecule has 1 N–H and O–H groups in total. The number of methoxy groups -OCH3 is 1. The molecule has 6 heteroatoms. The molecule has 1 saturated heterocycles. The minimum absolute atomic E-state index is 0.175. The summed E-state index contributed by atoms with van der Waals surface area (Å²) in [5.41, 5.74) is 0.179. The number of benzene rings is 1. The lowest BCUT2D eigenvalue weighted by atomic mass is 9.95. The number of nitrogens with one attached hydrogen (secondary N) is 1. The van der Waals surface area contributed by atoms with Crippen LogP contribution < -0.4 is 5.32 Å². The lowest BCUT2D eigenvalue weighted by Crippen LogP contribution is -2.59. The summed E-state index contributed by atoms with van der Waals surface area (Å²) in [5.74, 6) is -0.397. The van der Waals surface area contributed by atoms with Gasteiger partial charge in [-0.05, 0) is 18.9 Å². The van der Waals surface area contributed by atoms with Gasteiger partial charge in [0.05, 0.1) is 12.2 Å². The van der Waals surface area contributed by atoms with E-state index in [1.165, 1.54) is 6.26 Å². The van der Waals surface area contributed by atoms with Gasteiger partial charge in [-0.15, -0.1) is 0 Å². The first-order valence-corrected chi connectivity index (χ1v) is 7.63. The molecule has 1 fully saturated rings. The van der Waals surface area contributed by atoms with Gasteiger partial charge in [-0.25, -0.2) is 0 Å². The van der Waals surface area contributed by atoms with E-state index < -0.39 is 5.54 Å². The summed E-state index contributed by atoms with van der Waals surface area (Å²) in [6, 6.07) is 7.38. The summed E-state index contributed by atoms with van der Waals surface area (Å²) >= 11 is 0. The molecule has 23 heavy (non-hydrogen) atoms. The number of hydrogen-bond acceptors (Lipinski definition) is 4. The van der Waals surface area contributed by atoms with Gasteiger partial charge in [0.1, 0.15) is 17.4 Å². The van der Waals surface area contributed by atoms with Gasteiger partial charge in [0, 0.05) is 26.1 Å². The zero-order valence-electron chi connectivity index (χ0n) is 13.3. The quantitative estimate of drug-likeness (QED) is 0.933. The summed E-state index contributed by atoms with van der Waals surface area (Å²) in [6.45, 7) is 0.698. The average molecular weight is 316 g/mol. The summed E-state index contributed by atoms with van der Waals surface area (Å²) in [5, 5.41) is 3.42. The zero-order valence-corrected chi connectivity index (χ0v) is 13.3. The molecule has 2 aromatic rings. The third-order valence-corrected chi connectivity index (χ3v) is 4.48. The highest BCUT2D eigenvalue weighted by atomic mass is 16.5. The van der Waals surface area contributed by atoms with Gasteiger partial charge in [-0.3, -0.25) is 9.59 Å². The van der Waals surface area contributed by atoms with Gasteiger partial charge in [-0.2, -0.15) is 0 Å². The Bertz CT molecular complexity index is 739. The van der Waals surface area contributed by atoms with E-state index in [0.29, 0.717) is 24.1 Å². The van der Waals surface area contributed by atoms with E-state index in [0.717, 1.165) is 11.8 Å². The number of likely N-dealkylation sites (N-methyl/N-ethyl adjacent to an activating group) is 1. The first-order chi connectivity index (χ1) is 11.1. The molecule has 1 aliphatic heterocycles. The van der Waals surface area contributed by atoms with E-state index in [4.69, 9.17) is 9.15 Å². The maximum atomic E-state index is 13.1. The Morgan fingerprint density at radius 3 is 2.91 bits per heavy atom. The van der Waals surface area contributed by atoms with Crippen molar-refractivity contribution in [1.29, 1.82) is 0 Å². The van der Waals surface area contributed by atoms with Gasteiger partial charge in [0.25, 0.3) is 5.91 Å². The number of likely N-dealkylation sites (tertiary alicyclic amines) is 1. The molecule has 3 rings (SSSR count). The lowest BCUT2D eigenvalue weighted by Gasteiger charge is -2.36. The zero-order chi connectivity index (χ0) is 16.4. The first kappa shape index (κ1) is 15.6. The van der Waals surface area contributed by atoms with Crippen molar-refractivity contribution in [2.24, 2.45) is 0 Å². The Morgan fingerprint density at radius 1 is 1.39 bits per heavy atom. The second-order valence-corrected chi connectivity index (χ2v) is 5.75. The highest BCUT2D eigenvalue weighted by Crippen LogP contribution is 2.33. The van der Waals surface area contributed by atoms with Crippen LogP contribution in [0.2, 0.25) is 0 Å². The van der Waals surface area contributed by atoms with E-state index in [1.807, 2.05) is 24.3 Å². The van der Waals surface area contributed by atoms with Gasteiger partial charge < -0.3 is 19.4 Å². The lowest BCUT2D eigenvalue weighted by molar-refractivity contribution is -0.133. The molecule has 0 bridgehead atoms. The Balaban J connectivity index is 2.01. The fraction of sp³-hybridized carbons (Fsp3) is 0.412. The van der Waals surface area contributed by atoms with E-state index in [1.54, 1.807) is 19.1 Å². The van der Waals surface area contributed by atoms with Crippen molar-refractivity contribution in [2.45, 2.75) is 18.4 Å². The molecule has 1 aromatic heterocycles. The van der Waals surface area contributed by atoms with Crippen LogP contribution >= 0.6 is 0 Å². The number of carbonyl (C=O) groups is 2. The predicted octanol–water partition coefficient (Wildman–Crippen LogP) is 1.80. The number of ether oxygens (including phenoxy) is 1. The fourth-order valence-electron chi connectivity index (χ4n) is 3.39. The third-order valence-electron chi connectivity index (χ3n) is 4.48. The van der Waals surface area contributed by atoms with Crippen LogP contribution in [0.3, 0.4) is 0 Å². The SMILES string of the molecule is CNC(=O)C1(COC)CCCN1C(=O)c1coc2ccccc12. The molecule has 2 heterocycles. The number of carbonyl (C=O) groups excluding carboxylic acids is 2. The number of furan rings is 1. The molecular weight excluding hydrogens is 296 g/mol. The minimum Gasteiger partial charge on any atom is -0.463 e. The molecule has 2 amide bonds. The molecule has 122 valence electrons. The predicted molar refractivity (Wildman–Crippen MR) is 85.2 cm³/mol. The second kappa shape index (κ2) is 6.04. The topological polar surface area (TPSA) is 71.8 Å². The van der Waals surface area contributed by atoms with Crippen LogP contribution in [0.4, 0.5) is 0 Å². The van der Waals surface area contributed by atoms with E-state index >= 15 is 0 Å². The summed E-state index contributed by atoms with van der Waals surface area (Å²) in [7, 11) is 3.12. The molecule has 1 aromatic carbocycles. The van der Waals surface area contributed by atoms with Crippen LogP contribution in [-0.4, -0.2) is 49.6 Å². The maximum Gasteiger partial charge on any atom is 0.258 e. The summed E-state index contributed by atoms with van der Waals surface area (Å²) < 4.78 is 10.7. The number of nitrogens with zero attached hydrogens (tertiary/aromatic N) is 1. The van der Waals surface area contributed by atoms with Crippen molar-refractivity contribution in [3.8, 4) is 0 Å². The Morgan fingerprint density at radius 2 is 2.17 bits per heavy atom. The van der Waals surface area contributed by atoms with Crippen molar-refractivity contribution in [3.63, 3.8) is 0 Å². The summed E-state index contributed by atoms with van der Waals surface area (Å²) in [6.07, 6.45) is 2.81. The Hall–Kier alpha value is -2.34. The molecule has 1 unspecified atom stereocenters. The standard InChI is InChI=1S/C17H20N2O4/c1-18-16(21)17(11-22-2)8-5-9-19(17)15(20)13-10-23-14-7-4-3-6-12(13)14/h3-4,6-7,10H,5,8-9,11H2,1-2H3,(H,18,21). The van der Waals surface area contributed by atoms with E-state index in [9.17, 15) is 9.59 Å². The molecule has 6 nitrogen and oxygen atoms in total. The molecular formula is C17H20N2O4. The molecule has 0 saturated carbocycles. The van der Waals surface area contributed by atoms with Crippen LogP contribution in [0.15, 0.2) is 34.9 Å². The van der Waals surface area contributed by atoms with Crippen LogP contribution in [0, 0.1) is 0 Å². The number of amides is 2. The number of hydrogen-bond donors (Lipinski definition) is 1. The molecule has 1 atom stereocenters. The van der Waals surface area contributed by atoms with Crippen LogP contribution in [-0.2, 0) is 9.53 Å². The van der Waals surface area contributed by atoms with Crippen LogP contribution in [0.5, 0.6) is 0 Å². The van der Waals surface area contributed by atoms with Gasteiger partial charge >= 0.3 is 0 Å². The normalized spacial score (nSPS) is 20.9. The van der Waals surface area contributed by atoms with Crippen molar-refractivity contribution >= 4 is 22.8 Å². The number of para-hydroxylation sites is 1. The largest absolute Gasteiger partial charge is 0.463 e. The van der Waals surface area contributed by atoms with Gasteiger partial charge in [-0.1, -0.05) is 18.2 Å². The molecule has 0 aliphatic carbocycles. The second-order valence-electron chi connectivity index (χ2n) is 5.75.